The second-order valence-electron chi connectivity index (χ2n) is 8.62. The van der Waals surface area contributed by atoms with E-state index in [1.807, 2.05) is 0 Å². The van der Waals surface area contributed by atoms with Crippen LogP contribution in [0.2, 0.25) is 0 Å². The standard InChI is InChI=1S/C26H35NO4/c1-24(2,29)22(27-23(28)26(4,30)20-10-6-5-7-11-20)19-12-14-21(15-13-19)31-18-25(3)16-8-9-17-25/h5-7,10-15,22,29-30H,8-9,16-18H2,1-4H3,(H,27,28)/t22-,26-/m1/s1/i1D3,2D3,4D3. The summed E-state index contributed by atoms with van der Waals surface area (Å²) in [5.74, 6) is -1.21. The molecule has 31 heavy (non-hydrogen) atoms. The first kappa shape index (κ1) is 13.9. The van der Waals surface area contributed by atoms with Gasteiger partial charge in [0.2, 0.25) is 0 Å². The second-order valence-corrected chi connectivity index (χ2v) is 8.62. The predicted octanol–water partition coefficient (Wildman–Crippen LogP) is 4.48. The molecular weight excluding hydrogens is 390 g/mol. The summed E-state index contributed by atoms with van der Waals surface area (Å²) in [7, 11) is 0. The first-order valence-electron chi connectivity index (χ1n) is 14.8. The summed E-state index contributed by atoms with van der Waals surface area (Å²) in [6, 6.07) is 9.98. The van der Waals surface area contributed by atoms with Crippen molar-refractivity contribution < 1.29 is 32.1 Å². The minimum Gasteiger partial charge on any atom is -0.493 e. The summed E-state index contributed by atoms with van der Waals surface area (Å²) >= 11 is 0. The van der Waals surface area contributed by atoms with Crippen LogP contribution in [0.4, 0.5) is 0 Å². The van der Waals surface area contributed by atoms with Gasteiger partial charge in [-0.1, -0.05) is 62.2 Å². The Bertz CT molecular complexity index is 1140. The van der Waals surface area contributed by atoms with Crippen molar-refractivity contribution in [2.24, 2.45) is 5.41 Å². The van der Waals surface area contributed by atoms with Crippen LogP contribution in [0, 0.1) is 5.41 Å². The van der Waals surface area contributed by atoms with Crippen LogP contribution in [-0.4, -0.2) is 28.3 Å². The fourth-order valence-corrected chi connectivity index (χ4v) is 3.86. The average molecular weight is 435 g/mol. The second kappa shape index (κ2) is 9.01. The molecule has 1 amide bonds. The van der Waals surface area contributed by atoms with E-state index in [0.717, 1.165) is 25.7 Å². The zero-order chi connectivity index (χ0) is 30.2. The molecule has 0 heterocycles. The first-order valence-corrected chi connectivity index (χ1v) is 10.3. The van der Waals surface area contributed by atoms with Crippen molar-refractivity contribution in [3.05, 3.63) is 65.7 Å². The van der Waals surface area contributed by atoms with Crippen molar-refractivity contribution in [3.8, 4) is 5.75 Å². The van der Waals surface area contributed by atoms with Crippen molar-refractivity contribution >= 4 is 5.91 Å². The van der Waals surface area contributed by atoms with Gasteiger partial charge in [-0.3, -0.25) is 4.79 Å². The van der Waals surface area contributed by atoms with Gasteiger partial charge in [0, 0.05) is 17.8 Å². The molecule has 0 spiro atoms. The molecule has 0 unspecified atom stereocenters. The molecule has 0 bridgehead atoms. The zero-order valence-electron chi connectivity index (χ0n) is 26.5. The van der Waals surface area contributed by atoms with E-state index >= 15 is 0 Å². The molecule has 1 fully saturated rings. The minimum atomic E-state index is -3.58. The maximum Gasteiger partial charge on any atom is 0.256 e. The third-order valence-corrected chi connectivity index (χ3v) is 5.82. The van der Waals surface area contributed by atoms with E-state index < -0.39 is 43.7 Å². The smallest absolute Gasteiger partial charge is 0.256 e. The monoisotopic (exact) mass is 434 g/mol. The number of hydrogen-bond acceptors (Lipinski definition) is 4. The number of amides is 1. The van der Waals surface area contributed by atoms with Gasteiger partial charge in [-0.05, 0) is 56.7 Å². The van der Waals surface area contributed by atoms with Gasteiger partial charge in [0.25, 0.3) is 5.91 Å². The van der Waals surface area contributed by atoms with E-state index in [9.17, 15) is 15.0 Å². The summed E-state index contributed by atoms with van der Waals surface area (Å²) in [4.78, 5) is 13.5. The molecule has 0 aromatic heterocycles. The Hall–Kier alpha value is -2.37. The Morgan fingerprint density at radius 3 is 2.32 bits per heavy atom. The Labute approximate surface area is 198 Å². The van der Waals surface area contributed by atoms with E-state index in [1.165, 1.54) is 54.6 Å². The van der Waals surface area contributed by atoms with Crippen LogP contribution >= 0.6 is 0 Å². The van der Waals surface area contributed by atoms with Crippen LogP contribution in [-0.2, 0) is 10.4 Å². The zero-order valence-corrected chi connectivity index (χ0v) is 17.5. The number of nitrogens with one attached hydrogen (secondary N) is 1. The van der Waals surface area contributed by atoms with Gasteiger partial charge in [-0.15, -0.1) is 0 Å². The van der Waals surface area contributed by atoms with E-state index in [2.05, 4.69) is 12.2 Å². The van der Waals surface area contributed by atoms with Crippen molar-refractivity contribution in [2.75, 3.05) is 6.61 Å². The molecule has 2 aromatic rings. The highest BCUT2D eigenvalue weighted by atomic mass is 16.5. The topological polar surface area (TPSA) is 78.8 Å². The fraction of sp³-hybridized carbons (Fsp3) is 0.500. The highest BCUT2D eigenvalue weighted by Gasteiger charge is 2.38. The SMILES string of the molecule is [2H]C([2H])([2H])C(O)([C@H](NC(=O)[C@](O)(c1ccccc1)C([2H])([2H])[2H])c1ccc(OCC2(C)CCCC2)cc1)C([2H])([2H])[2H]. The van der Waals surface area contributed by atoms with Crippen LogP contribution in [0.15, 0.2) is 54.6 Å². The van der Waals surface area contributed by atoms with E-state index in [4.69, 9.17) is 17.1 Å². The van der Waals surface area contributed by atoms with Crippen LogP contribution in [0.3, 0.4) is 0 Å². The maximum absolute atomic E-state index is 13.5. The van der Waals surface area contributed by atoms with E-state index in [1.54, 1.807) is 0 Å². The highest BCUT2D eigenvalue weighted by Crippen LogP contribution is 2.38. The lowest BCUT2D eigenvalue weighted by molar-refractivity contribution is -0.141. The van der Waals surface area contributed by atoms with Crippen LogP contribution < -0.4 is 10.1 Å². The normalized spacial score (nSPS) is 24.3. The number of benzene rings is 2. The molecule has 3 N–H and O–H groups in total. The average Bonchev–Trinajstić information content (AvgIpc) is 3.30. The molecule has 168 valence electrons. The number of carbonyl (C=O) groups excluding carboxylic acids is 1. The summed E-state index contributed by atoms with van der Waals surface area (Å²) in [5, 5.41) is 24.7. The number of ether oxygens (including phenoxy) is 1. The van der Waals surface area contributed by atoms with Gasteiger partial charge in [0.05, 0.1) is 18.2 Å². The molecule has 5 heteroatoms. The largest absolute Gasteiger partial charge is 0.493 e. The number of hydrogen-bond donors (Lipinski definition) is 3. The van der Waals surface area contributed by atoms with Crippen LogP contribution in [0.5, 0.6) is 5.75 Å². The molecular formula is C26H35NO4. The maximum atomic E-state index is 13.5. The molecule has 1 aliphatic carbocycles. The minimum absolute atomic E-state index is 0.00905. The van der Waals surface area contributed by atoms with Gasteiger partial charge < -0.3 is 20.3 Å². The molecule has 0 radical (unpaired) electrons. The van der Waals surface area contributed by atoms with Crippen LogP contribution in [0.1, 0.15) is 82.7 Å². The Morgan fingerprint density at radius 1 is 1.10 bits per heavy atom. The third kappa shape index (κ3) is 5.66. The van der Waals surface area contributed by atoms with E-state index in [-0.39, 0.29) is 16.5 Å². The van der Waals surface area contributed by atoms with Crippen LogP contribution in [0.25, 0.3) is 0 Å². The van der Waals surface area contributed by atoms with Gasteiger partial charge in [0.15, 0.2) is 5.60 Å². The molecule has 2 atom stereocenters. The molecule has 2 aromatic carbocycles. The predicted molar refractivity (Wildman–Crippen MR) is 122 cm³/mol. The van der Waals surface area contributed by atoms with Crippen molar-refractivity contribution in [3.63, 3.8) is 0 Å². The lowest BCUT2D eigenvalue weighted by Gasteiger charge is -2.33. The van der Waals surface area contributed by atoms with Crippen molar-refractivity contribution in [1.82, 2.24) is 5.32 Å². The lowest BCUT2D eigenvalue weighted by atomic mass is 9.89. The molecule has 0 saturated heterocycles. The Kier molecular flexibility index (Phi) is 4.05. The summed E-state index contributed by atoms with van der Waals surface area (Å²) < 4.78 is 77.0. The van der Waals surface area contributed by atoms with Gasteiger partial charge in [-0.25, -0.2) is 0 Å². The quantitative estimate of drug-likeness (QED) is 0.572. The van der Waals surface area contributed by atoms with Gasteiger partial charge in [-0.2, -0.15) is 0 Å². The molecule has 3 rings (SSSR count). The molecule has 1 saturated carbocycles. The van der Waals surface area contributed by atoms with E-state index in [0.29, 0.717) is 12.4 Å². The summed E-state index contributed by atoms with van der Waals surface area (Å²) in [6.45, 7) is -7.95. The lowest BCUT2D eigenvalue weighted by Crippen LogP contribution is -2.49. The first-order chi connectivity index (χ1) is 18.3. The molecule has 5 nitrogen and oxygen atoms in total. The fourth-order valence-electron chi connectivity index (χ4n) is 3.86. The van der Waals surface area contributed by atoms with Gasteiger partial charge in [0.1, 0.15) is 5.75 Å². The summed E-state index contributed by atoms with van der Waals surface area (Å²) in [6.07, 6.45) is 4.23. The number of aliphatic hydroxyl groups is 2. The number of rotatable bonds is 8. The Balaban J connectivity index is 2.06. The summed E-state index contributed by atoms with van der Waals surface area (Å²) in [5.41, 5.74) is -7.24. The van der Waals surface area contributed by atoms with Crippen molar-refractivity contribution in [1.29, 1.82) is 0 Å². The molecule has 0 aliphatic heterocycles. The number of carbonyl (C=O) groups is 1. The van der Waals surface area contributed by atoms with Crippen molar-refractivity contribution in [2.45, 2.75) is 70.4 Å². The van der Waals surface area contributed by atoms with Gasteiger partial charge >= 0.3 is 0 Å². The molecule has 1 aliphatic rings. The Morgan fingerprint density at radius 2 is 1.74 bits per heavy atom. The third-order valence-electron chi connectivity index (χ3n) is 5.82. The highest BCUT2D eigenvalue weighted by molar-refractivity contribution is 5.86.